The lowest BCUT2D eigenvalue weighted by Crippen LogP contribution is -2.27. The Kier molecular flexibility index (Phi) is 5.27. The minimum Gasteiger partial charge on any atom is -0.378 e. The Labute approximate surface area is 154 Å². The van der Waals surface area contributed by atoms with Crippen molar-refractivity contribution < 1.29 is 4.74 Å². The van der Waals surface area contributed by atoms with Crippen LogP contribution in [0, 0.1) is 0 Å². The Morgan fingerprint density at radius 1 is 1.19 bits per heavy atom. The van der Waals surface area contributed by atoms with Crippen molar-refractivity contribution in [3.8, 4) is 11.3 Å². The van der Waals surface area contributed by atoms with E-state index in [1.165, 1.54) is 25.0 Å². The molecule has 1 aliphatic heterocycles. The molecule has 1 aliphatic rings. The smallest absolute Gasteiger partial charge is 0.234 e. The van der Waals surface area contributed by atoms with Crippen molar-refractivity contribution in [3.63, 3.8) is 0 Å². The second-order valence-corrected chi connectivity index (χ2v) is 7.08. The molecule has 0 saturated carbocycles. The molecule has 5 heteroatoms. The van der Waals surface area contributed by atoms with E-state index in [0.29, 0.717) is 6.10 Å². The highest BCUT2D eigenvalue weighted by atomic mass is 16.5. The summed E-state index contributed by atoms with van der Waals surface area (Å²) in [5.74, 6) is 0.755. The maximum atomic E-state index is 5.87. The fourth-order valence-electron chi connectivity index (χ4n) is 3.65. The molecule has 3 heterocycles. The van der Waals surface area contributed by atoms with Gasteiger partial charge in [-0.3, -0.25) is 4.40 Å². The van der Waals surface area contributed by atoms with Crippen molar-refractivity contribution in [2.45, 2.75) is 38.3 Å². The molecule has 4 rings (SSSR count). The summed E-state index contributed by atoms with van der Waals surface area (Å²) in [5, 5.41) is 0. The van der Waals surface area contributed by atoms with E-state index in [9.17, 15) is 0 Å². The highest BCUT2D eigenvalue weighted by molar-refractivity contribution is 5.65. The van der Waals surface area contributed by atoms with Crippen LogP contribution in [0.5, 0.6) is 0 Å². The molecule has 2 aromatic heterocycles. The van der Waals surface area contributed by atoms with Crippen LogP contribution in [-0.4, -0.2) is 45.6 Å². The zero-order valence-electron chi connectivity index (χ0n) is 15.3. The summed E-state index contributed by atoms with van der Waals surface area (Å²) in [6, 6.07) is 12.3. The zero-order valence-corrected chi connectivity index (χ0v) is 15.3. The first-order valence-electron chi connectivity index (χ1n) is 9.49. The maximum absolute atomic E-state index is 5.87. The molecule has 1 atom stereocenters. The van der Waals surface area contributed by atoms with Crippen LogP contribution in [0.3, 0.4) is 0 Å². The summed E-state index contributed by atoms with van der Waals surface area (Å²) in [4.78, 5) is 11.6. The number of hydrogen-bond donors (Lipinski definition) is 0. The van der Waals surface area contributed by atoms with Crippen LogP contribution in [0.4, 0.5) is 0 Å². The third kappa shape index (κ3) is 3.79. The molecule has 0 amide bonds. The predicted molar refractivity (Wildman–Crippen MR) is 103 cm³/mol. The van der Waals surface area contributed by atoms with Crippen molar-refractivity contribution in [1.82, 2.24) is 19.3 Å². The van der Waals surface area contributed by atoms with Crippen LogP contribution in [-0.2, 0) is 11.3 Å². The number of benzene rings is 1. The Morgan fingerprint density at radius 3 is 2.88 bits per heavy atom. The normalized spacial score (nSPS) is 17.8. The van der Waals surface area contributed by atoms with Crippen LogP contribution in [0.15, 0.2) is 48.8 Å². The van der Waals surface area contributed by atoms with Crippen LogP contribution in [0.1, 0.15) is 31.4 Å². The van der Waals surface area contributed by atoms with Gasteiger partial charge in [0.05, 0.1) is 17.5 Å². The molecule has 3 aromatic rings. The van der Waals surface area contributed by atoms with Crippen molar-refractivity contribution in [1.29, 1.82) is 0 Å². The highest BCUT2D eigenvalue weighted by Gasteiger charge is 2.18. The Bertz CT molecular complexity index is 840. The molecular formula is C21H26N4O. The van der Waals surface area contributed by atoms with Gasteiger partial charge in [-0.2, -0.15) is 0 Å². The standard InChI is InChI=1S/C21H26N4O/c1-24(14-11-18-10-5-6-15-26-18)16-19-20(17-8-3-2-4-9-17)23-21-22-12-7-13-25(19)21/h2-4,7-9,12-13,18H,5-6,10-11,14-16H2,1H3/t18-/m0/s1. The number of ether oxygens (including phenoxy) is 1. The van der Waals surface area contributed by atoms with Gasteiger partial charge < -0.3 is 9.64 Å². The first-order chi connectivity index (χ1) is 12.8. The molecule has 0 unspecified atom stereocenters. The fourth-order valence-corrected chi connectivity index (χ4v) is 3.65. The molecule has 5 nitrogen and oxygen atoms in total. The van der Waals surface area contributed by atoms with Gasteiger partial charge in [-0.15, -0.1) is 0 Å². The van der Waals surface area contributed by atoms with E-state index in [2.05, 4.69) is 51.8 Å². The van der Waals surface area contributed by atoms with E-state index >= 15 is 0 Å². The molecule has 1 saturated heterocycles. The third-order valence-corrected chi connectivity index (χ3v) is 5.08. The van der Waals surface area contributed by atoms with Crippen LogP contribution in [0.2, 0.25) is 0 Å². The second kappa shape index (κ2) is 7.98. The number of fused-ring (bicyclic) bond motifs is 1. The summed E-state index contributed by atoms with van der Waals surface area (Å²) >= 11 is 0. The van der Waals surface area contributed by atoms with Gasteiger partial charge in [0.1, 0.15) is 0 Å². The van der Waals surface area contributed by atoms with E-state index in [1.807, 2.05) is 12.1 Å². The third-order valence-electron chi connectivity index (χ3n) is 5.08. The molecule has 0 aliphatic carbocycles. The molecule has 0 N–H and O–H groups in total. The largest absolute Gasteiger partial charge is 0.378 e. The average Bonchev–Trinajstić information content (AvgIpc) is 3.06. The monoisotopic (exact) mass is 350 g/mol. The molecule has 136 valence electrons. The second-order valence-electron chi connectivity index (χ2n) is 7.08. The van der Waals surface area contributed by atoms with Gasteiger partial charge in [-0.25, -0.2) is 9.97 Å². The predicted octanol–water partition coefficient (Wildman–Crippen LogP) is 3.79. The van der Waals surface area contributed by atoms with Crippen LogP contribution >= 0.6 is 0 Å². The number of nitrogens with zero attached hydrogens (tertiary/aromatic N) is 4. The van der Waals surface area contributed by atoms with Gasteiger partial charge in [0.15, 0.2) is 0 Å². The van der Waals surface area contributed by atoms with Crippen molar-refractivity contribution >= 4 is 5.78 Å². The molecule has 0 spiro atoms. The number of hydrogen-bond acceptors (Lipinski definition) is 4. The van der Waals surface area contributed by atoms with Gasteiger partial charge in [0.25, 0.3) is 0 Å². The van der Waals surface area contributed by atoms with Crippen LogP contribution in [0.25, 0.3) is 17.0 Å². The molecule has 1 fully saturated rings. The maximum Gasteiger partial charge on any atom is 0.234 e. The minimum absolute atomic E-state index is 0.420. The van der Waals surface area contributed by atoms with Gasteiger partial charge in [0, 0.05) is 37.7 Å². The molecule has 1 aromatic carbocycles. The number of imidazole rings is 1. The van der Waals surface area contributed by atoms with Gasteiger partial charge in [-0.1, -0.05) is 30.3 Å². The average molecular weight is 350 g/mol. The van der Waals surface area contributed by atoms with E-state index in [1.54, 1.807) is 6.20 Å². The first-order valence-corrected chi connectivity index (χ1v) is 9.49. The summed E-state index contributed by atoms with van der Waals surface area (Å²) in [7, 11) is 2.17. The van der Waals surface area contributed by atoms with E-state index < -0.39 is 0 Å². The molecular weight excluding hydrogens is 324 g/mol. The lowest BCUT2D eigenvalue weighted by Gasteiger charge is -2.25. The Hall–Kier alpha value is -2.24. The summed E-state index contributed by atoms with van der Waals surface area (Å²) in [5.41, 5.74) is 3.34. The highest BCUT2D eigenvalue weighted by Crippen LogP contribution is 2.25. The summed E-state index contributed by atoms with van der Waals surface area (Å²) in [6.07, 6.45) is 9.06. The van der Waals surface area contributed by atoms with Gasteiger partial charge in [-0.05, 0) is 38.8 Å². The molecule has 0 radical (unpaired) electrons. The number of aromatic nitrogens is 3. The van der Waals surface area contributed by atoms with Crippen molar-refractivity contribution in [3.05, 3.63) is 54.5 Å². The summed E-state index contributed by atoms with van der Waals surface area (Å²) < 4.78 is 7.98. The lowest BCUT2D eigenvalue weighted by molar-refractivity contribution is 0.00636. The zero-order chi connectivity index (χ0) is 17.8. The summed E-state index contributed by atoms with van der Waals surface area (Å²) in [6.45, 7) is 2.78. The fraction of sp³-hybridized carbons (Fsp3) is 0.429. The van der Waals surface area contributed by atoms with E-state index in [4.69, 9.17) is 9.72 Å². The Balaban J connectivity index is 1.54. The van der Waals surface area contributed by atoms with Gasteiger partial charge >= 0.3 is 0 Å². The lowest BCUT2D eigenvalue weighted by atomic mass is 10.1. The quantitative estimate of drug-likeness (QED) is 0.678. The van der Waals surface area contributed by atoms with E-state index in [-0.39, 0.29) is 0 Å². The molecule has 26 heavy (non-hydrogen) atoms. The minimum atomic E-state index is 0.420. The van der Waals surface area contributed by atoms with Crippen LogP contribution < -0.4 is 0 Å². The van der Waals surface area contributed by atoms with Crippen molar-refractivity contribution in [2.75, 3.05) is 20.2 Å². The molecule has 0 bridgehead atoms. The van der Waals surface area contributed by atoms with Gasteiger partial charge in [0.2, 0.25) is 5.78 Å². The number of rotatable bonds is 6. The topological polar surface area (TPSA) is 42.7 Å². The Morgan fingerprint density at radius 2 is 2.08 bits per heavy atom. The SMILES string of the molecule is CN(CC[C@@H]1CCCCO1)Cc1c(-c2ccccc2)nc2ncccn12. The van der Waals surface area contributed by atoms with Crippen molar-refractivity contribution in [2.24, 2.45) is 0 Å². The van der Waals surface area contributed by atoms with E-state index in [0.717, 1.165) is 43.2 Å². The first kappa shape index (κ1) is 17.2.